The van der Waals surface area contributed by atoms with Gasteiger partial charge in [-0.2, -0.15) is 0 Å². The molecule has 0 saturated carbocycles. The predicted molar refractivity (Wildman–Crippen MR) is 54.4 cm³/mol. The third kappa shape index (κ3) is 1.91. The molecule has 1 rings (SSSR count). The molecule has 0 aromatic heterocycles. The first-order chi connectivity index (χ1) is 5.75. The maximum absolute atomic E-state index is 5.80. The zero-order chi connectivity index (χ0) is 8.97. The molecule has 0 amide bonds. The highest BCUT2D eigenvalue weighted by Crippen LogP contribution is 2.21. The summed E-state index contributed by atoms with van der Waals surface area (Å²) in [6.45, 7) is 5.19. The fraction of sp³-hybridized carbons (Fsp3) is 0.400. The van der Waals surface area contributed by atoms with Gasteiger partial charge in [0.05, 0.1) is 11.4 Å². The molecule has 0 saturated heterocycles. The Hall–Kier alpha value is -1.18. The van der Waals surface area contributed by atoms with E-state index >= 15 is 0 Å². The van der Waals surface area contributed by atoms with Crippen molar-refractivity contribution in [2.75, 3.05) is 17.6 Å². The third-order valence-corrected chi connectivity index (χ3v) is 1.86. The van der Waals surface area contributed by atoms with Crippen molar-refractivity contribution < 1.29 is 0 Å². The molecule has 1 aromatic carbocycles. The topological polar surface area (TPSA) is 38.0 Å². The lowest BCUT2D eigenvalue weighted by atomic mass is 10.1. The average Bonchev–Trinajstić information content (AvgIpc) is 2.04. The minimum absolute atomic E-state index is 0.837. The van der Waals surface area contributed by atoms with Crippen molar-refractivity contribution >= 4 is 11.4 Å². The monoisotopic (exact) mass is 164 g/mol. The Morgan fingerprint density at radius 1 is 1.42 bits per heavy atom. The molecule has 0 bridgehead atoms. The lowest BCUT2D eigenvalue weighted by Crippen LogP contribution is -2.04. The number of nitrogen functional groups attached to an aromatic ring is 1. The lowest BCUT2D eigenvalue weighted by Gasteiger charge is -2.10. The van der Waals surface area contributed by atoms with E-state index in [0.717, 1.165) is 24.3 Å². The zero-order valence-electron chi connectivity index (χ0n) is 7.72. The molecule has 0 fully saturated rings. The summed E-state index contributed by atoms with van der Waals surface area (Å²) in [7, 11) is 0. The van der Waals surface area contributed by atoms with Crippen LogP contribution in [0.25, 0.3) is 0 Å². The van der Waals surface area contributed by atoms with Crippen LogP contribution in [0.5, 0.6) is 0 Å². The predicted octanol–water partition coefficient (Wildman–Crippen LogP) is 2.40. The average molecular weight is 164 g/mol. The first-order valence-electron chi connectivity index (χ1n) is 4.34. The smallest absolute Gasteiger partial charge is 0.0603 e. The second-order valence-corrected chi connectivity index (χ2v) is 2.97. The molecule has 0 aliphatic rings. The highest BCUT2D eigenvalue weighted by atomic mass is 14.9. The Morgan fingerprint density at radius 2 is 2.17 bits per heavy atom. The summed E-state index contributed by atoms with van der Waals surface area (Å²) in [5, 5.41) is 3.31. The number of rotatable bonds is 3. The van der Waals surface area contributed by atoms with Gasteiger partial charge in [-0.25, -0.2) is 0 Å². The minimum atomic E-state index is 0.837. The summed E-state index contributed by atoms with van der Waals surface area (Å²) in [6, 6.07) is 5.96. The SMILES string of the molecule is CCCNc1c(C)cccc1N. The van der Waals surface area contributed by atoms with E-state index in [1.807, 2.05) is 12.1 Å². The Labute approximate surface area is 73.8 Å². The van der Waals surface area contributed by atoms with Crippen LogP contribution in [0.2, 0.25) is 0 Å². The standard InChI is InChI=1S/C10H16N2/c1-3-7-12-10-8(2)5-4-6-9(10)11/h4-6,12H,3,7,11H2,1-2H3. The first kappa shape index (κ1) is 8.91. The molecule has 3 N–H and O–H groups in total. The molecule has 2 nitrogen and oxygen atoms in total. The summed E-state index contributed by atoms with van der Waals surface area (Å²) in [5.41, 5.74) is 8.93. The van der Waals surface area contributed by atoms with Crippen LogP contribution < -0.4 is 11.1 Å². The minimum Gasteiger partial charge on any atom is -0.397 e. The van der Waals surface area contributed by atoms with E-state index in [2.05, 4.69) is 25.2 Å². The van der Waals surface area contributed by atoms with E-state index in [-0.39, 0.29) is 0 Å². The van der Waals surface area contributed by atoms with Gasteiger partial charge in [0.2, 0.25) is 0 Å². The van der Waals surface area contributed by atoms with Crippen LogP contribution in [0.3, 0.4) is 0 Å². The quantitative estimate of drug-likeness (QED) is 0.673. The van der Waals surface area contributed by atoms with Crippen molar-refractivity contribution in [1.29, 1.82) is 0 Å². The van der Waals surface area contributed by atoms with E-state index in [9.17, 15) is 0 Å². The molecule has 0 aliphatic carbocycles. The largest absolute Gasteiger partial charge is 0.397 e. The second kappa shape index (κ2) is 4.00. The highest BCUT2D eigenvalue weighted by molar-refractivity contribution is 5.69. The Kier molecular flexibility index (Phi) is 2.97. The number of aryl methyl sites for hydroxylation is 1. The van der Waals surface area contributed by atoms with Crippen LogP contribution in [0.1, 0.15) is 18.9 Å². The van der Waals surface area contributed by atoms with Gasteiger partial charge < -0.3 is 11.1 Å². The molecule has 0 radical (unpaired) electrons. The molecular weight excluding hydrogens is 148 g/mol. The van der Waals surface area contributed by atoms with Gasteiger partial charge in [0.1, 0.15) is 0 Å². The van der Waals surface area contributed by atoms with Crippen molar-refractivity contribution in [1.82, 2.24) is 0 Å². The number of nitrogens with two attached hydrogens (primary N) is 1. The number of hydrogen-bond acceptors (Lipinski definition) is 2. The van der Waals surface area contributed by atoms with E-state index in [0.29, 0.717) is 0 Å². The molecule has 12 heavy (non-hydrogen) atoms. The Morgan fingerprint density at radius 3 is 2.75 bits per heavy atom. The van der Waals surface area contributed by atoms with Gasteiger partial charge in [-0.15, -0.1) is 0 Å². The Bertz CT molecular complexity index is 236. The second-order valence-electron chi connectivity index (χ2n) is 2.97. The van der Waals surface area contributed by atoms with E-state index < -0.39 is 0 Å². The van der Waals surface area contributed by atoms with Gasteiger partial charge in [-0.1, -0.05) is 19.1 Å². The fourth-order valence-corrected chi connectivity index (χ4v) is 1.18. The van der Waals surface area contributed by atoms with Gasteiger partial charge in [0.25, 0.3) is 0 Å². The van der Waals surface area contributed by atoms with Crippen LogP contribution in [0, 0.1) is 6.92 Å². The van der Waals surface area contributed by atoms with Gasteiger partial charge in [0, 0.05) is 6.54 Å². The van der Waals surface area contributed by atoms with Gasteiger partial charge in [-0.05, 0) is 25.0 Å². The van der Waals surface area contributed by atoms with Crippen LogP contribution >= 0.6 is 0 Å². The number of nitrogens with one attached hydrogen (secondary N) is 1. The fourth-order valence-electron chi connectivity index (χ4n) is 1.18. The molecule has 1 aromatic rings. The molecule has 0 atom stereocenters. The molecule has 66 valence electrons. The Balaban J connectivity index is 2.81. The number of anilines is 2. The normalized spacial score (nSPS) is 9.83. The van der Waals surface area contributed by atoms with Crippen LogP contribution in [0.4, 0.5) is 11.4 Å². The summed E-state index contributed by atoms with van der Waals surface area (Å²) >= 11 is 0. The summed E-state index contributed by atoms with van der Waals surface area (Å²) in [6.07, 6.45) is 1.12. The van der Waals surface area contributed by atoms with Crippen molar-refractivity contribution in [3.8, 4) is 0 Å². The van der Waals surface area contributed by atoms with E-state index in [1.165, 1.54) is 5.56 Å². The molecule has 0 unspecified atom stereocenters. The maximum Gasteiger partial charge on any atom is 0.0603 e. The van der Waals surface area contributed by atoms with Gasteiger partial charge >= 0.3 is 0 Å². The summed E-state index contributed by atoms with van der Waals surface area (Å²) < 4.78 is 0. The van der Waals surface area contributed by atoms with Crippen molar-refractivity contribution in [2.45, 2.75) is 20.3 Å². The summed E-state index contributed by atoms with van der Waals surface area (Å²) in [4.78, 5) is 0. The highest BCUT2D eigenvalue weighted by Gasteiger charge is 1.99. The lowest BCUT2D eigenvalue weighted by molar-refractivity contribution is 0.978. The number of benzene rings is 1. The molecule has 0 heterocycles. The third-order valence-electron chi connectivity index (χ3n) is 1.86. The maximum atomic E-state index is 5.80. The van der Waals surface area contributed by atoms with Crippen LogP contribution in [0.15, 0.2) is 18.2 Å². The van der Waals surface area contributed by atoms with Gasteiger partial charge in [-0.3, -0.25) is 0 Å². The summed E-state index contributed by atoms with van der Waals surface area (Å²) in [5.74, 6) is 0. The number of para-hydroxylation sites is 1. The van der Waals surface area contributed by atoms with Crippen molar-refractivity contribution in [3.05, 3.63) is 23.8 Å². The van der Waals surface area contributed by atoms with E-state index in [4.69, 9.17) is 5.73 Å². The molecule has 2 heteroatoms. The van der Waals surface area contributed by atoms with Crippen molar-refractivity contribution in [2.24, 2.45) is 0 Å². The zero-order valence-corrected chi connectivity index (χ0v) is 7.72. The van der Waals surface area contributed by atoms with Crippen LogP contribution in [-0.4, -0.2) is 6.54 Å². The molecular formula is C10H16N2. The van der Waals surface area contributed by atoms with Crippen molar-refractivity contribution in [3.63, 3.8) is 0 Å². The molecule has 0 aliphatic heterocycles. The first-order valence-corrected chi connectivity index (χ1v) is 4.34. The van der Waals surface area contributed by atoms with E-state index in [1.54, 1.807) is 0 Å². The number of hydrogen-bond donors (Lipinski definition) is 2. The van der Waals surface area contributed by atoms with Gasteiger partial charge in [0.15, 0.2) is 0 Å². The molecule has 0 spiro atoms. The van der Waals surface area contributed by atoms with Crippen LogP contribution in [-0.2, 0) is 0 Å².